The monoisotopic (exact) mass is 284 g/mol. The minimum Gasteiger partial charge on any atom is -0.288 e. The standard InChI is InChI=1S/C13H16O3S2/c1-11(14)17-10-6-5-8-12-7-3-4-9-13(12)18(2,15)16/h3-5,7-9H,6,10H2,1-2H3. The van der Waals surface area contributed by atoms with Gasteiger partial charge in [-0.1, -0.05) is 42.1 Å². The summed E-state index contributed by atoms with van der Waals surface area (Å²) in [7, 11) is -3.20. The molecule has 0 N–H and O–H groups in total. The Morgan fingerprint density at radius 1 is 1.33 bits per heavy atom. The molecule has 0 aliphatic rings. The Bertz CT molecular complexity index is 545. The molecule has 0 radical (unpaired) electrons. The number of hydrogen-bond acceptors (Lipinski definition) is 4. The number of carbonyl (C=O) groups is 1. The quantitative estimate of drug-likeness (QED) is 0.780. The summed E-state index contributed by atoms with van der Waals surface area (Å²) in [6.07, 6.45) is 5.62. The van der Waals surface area contributed by atoms with Crippen molar-refractivity contribution in [1.82, 2.24) is 0 Å². The normalized spacial score (nSPS) is 11.9. The van der Waals surface area contributed by atoms with Crippen molar-refractivity contribution in [3.8, 4) is 0 Å². The van der Waals surface area contributed by atoms with Gasteiger partial charge in [-0.2, -0.15) is 0 Å². The number of thioether (sulfide) groups is 1. The zero-order valence-electron chi connectivity index (χ0n) is 10.4. The Balaban J connectivity index is 2.73. The molecule has 1 rings (SSSR count). The van der Waals surface area contributed by atoms with Crippen LogP contribution in [-0.4, -0.2) is 25.5 Å². The van der Waals surface area contributed by atoms with Gasteiger partial charge in [0.2, 0.25) is 0 Å². The maximum absolute atomic E-state index is 11.5. The summed E-state index contributed by atoms with van der Waals surface area (Å²) < 4.78 is 23.1. The third-order valence-corrected chi connectivity index (χ3v) is 4.22. The molecule has 0 amide bonds. The van der Waals surface area contributed by atoms with Crippen molar-refractivity contribution in [2.45, 2.75) is 18.2 Å². The lowest BCUT2D eigenvalue weighted by atomic mass is 10.2. The molecule has 18 heavy (non-hydrogen) atoms. The molecule has 98 valence electrons. The maximum atomic E-state index is 11.5. The van der Waals surface area contributed by atoms with Gasteiger partial charge in [0.1, 0.15) is 0 Å². The van der Waals surface area contributed by atoms with Crippen molar-refractivity contribution in [2.24, 2.45) is 0 Å². The molecular formula is C13H16O3S2. The molecular weight excluding hydrogens is 268 g/mol. The molecule has 0 unspecified atom stereocenters. The molecule has 0 aliphatic heterocycles. The highest BCUT2D eigenvalue weighted by atomic mass is 32.2. The van der Waals surface area contributed by atoms with Crippen molar-refractivity contribution >= 4 is 32.8 Å². The predicted octanol–water partition coefficient (Wildman–Crippen LogP) is 2.77. The van der Waals surface area contributed by atoms with E-state index in [4.69, 9.17) is 0 Å². The number of sulfone groups is 1. The largest absolute Gasteiger partial charge is 0.288 e. The van der Waals surface area contributed by atoms with E-state index >= 15 is 0 Å². The fraction of sp³-hybridized carbons (Fsp3) is 0.308. The third kappa shape index (κ3) is 5.06. The van der Waals surface area contributed by atoms with Crippen LogP contribution in [0.1, 0.15) is 18.9 Å². The summed E-state index contributed by atoms with van der Waals surface area (Å²) in [5, 5.41) is 0.0972. The van der Waals surface area contributed by atoms with Crippen LogP contribution in [0.2, 0.25) is 0 Å². The van der Waals surface area contributed by atoms with Gasteiger partial charge in [0.25, 0.3) is 0 Å². The van der Waals surface area contributed by atoms with Crippen LogP contribution in [0.3, 0.4) is 0 Å². The Morgan fingerprint density at radius 3 is 2.61 bits per heavy atom. The van der Waals surface area contributed by atoms with Gasteiger partial charge in [0.15, 0.2) is 15.0 Å². The fourth-order valence-corrected chi connectivity index (χ4v) is 2.87. The second-order valence-corrected chi connectivity index (χ2v) is 7.10. The van der Waals surface area contributed by atoms with Crippen molar-refractivity contribution in [3.05, 3.63) is 35.9 Å². The van der Waals surface area contributed by atoms with Crippen LogP contribution in [0.4, 0.5) is 0 Å². The summed E-state index contributed by atoms with van der Waals surface area (Å²) in [5.74, 6) is 0.715. The van der Waals surface area contributed by atoms with Gasteiger partial charge < -0.3 is 0 Å². The molecule has 0 saturated heterocycles. The molecule has 0 spiro atoms. The van der Waals surface area contributed by atoms with Gasteiger partial charge >= 0.3 is 0 Å². The molecule has 3 nitrogen and oxygen atoms in total. The van der Waals surface area contributed by atoms with Gasteiger partial charge in [-0.3, -0.25) is 4.79 Å². The Labute approximate surface area is 112 Å². The van der Waals surface area contributed by atoms with E-state index in [1.165, 1.54) is 24.9 Å². The average Bonchev–Trinajstić information content (AvgIpc) is 2.27. The highest BCUT2D eigenvalue weighted by Crippen LogP contribution is 2.17. The maximum Gasteiger partial charge on any atom is 0.185 e. The van der Waals surface area contributed by atoms with E-state index in [0.29, 0.717) is 16.2 Å². The van der Waals surface area contributed by atoms with Gasteiger partial charge in [-0.25, -0.2) is 8.42 Å². The SMILES string of the molecule is CC(=O)SCCC=Cc1ccccc1S(C)(=O)=O. The van der Waals surface area contributed by atoms with Gasteiger partial charge in [0.05, 0.1) is 4.90 Å². The van der Waals surface area contributed by atoms with Crippen LogP contribution in [0.15, 0.2) is 35.2 Å². The molecule has 0 heterocycles. The molecule has 5 heteroatoms. The summed E-state index contributed by atoms with van der Waals surface area (Å²) in [6, 6.07) is 6.88. The van der Waals surface area contributed by atoms with E-state index < -0.39 is 9.84 Å². The van der Waals surface area contributed by atoms with E-state index in [1.54, 1.807) is 30.3 Å². The first-order valence-electron chi connectivity index (χ1n) is 5.50. The van der Waals surface area contributed by atoms with E-state index in [9.17, 15) is 13.2 Å². The van der Waals surface area contributed by atoms with Crippen molar-refractivity contribution in [1.29, 1.82) is 0 Å². The van der Waals surface area contributed by atoms with E-state index in [0.717, 1.165) is 6.42 Å². The summed E-state index contributed by atoms with van der Waals surface area (Å²) in [5.41, 5.74) is 0.688. The fourth-order valence-electron chi connectivity index (χ4n) is 1.44. The lowest BCUT2D eigenvalue weighted by molar-refractivity contribution is -0.109. The van der Waals surface area contributed by atoms with Gasteiger partial charge in [0, 0.05) is 18.9 Å². The van der Waals surface area contributed by atoms with E-state index in [1.807, 2.05) is 6.08 Å². The second-order valence-electron chi connectivity index (χ2n) is 3.84. The lowest BCUT2D eigenvalue weighted by Crippen LogP contribution is -1.99. The van der Waals surface area contributed by atoms with Crippen LogP contribution < -0.4 is 0 Å². The molecule has 1 aromatic rings. The zero-order chi connectivity index (χ0) is 13.6. The number of carbonyl (C=O) groups excluding carboxylic acids is 1. The number of hydrogen-bond donors (Lipinski definition) is 0. The van der Waals surface area contributed by atoms with Crippen molar-refractivity contribution in [3.63, 3.8) is 0 Å². The van der Waals surface area contributed by atoms with Crippen LogP contribution >= 0.6 is 11.8 Å². The van der Waals surface area contributed by atoms with Crippen molar-refractivity contribution < 1.29 is 13.2 Å². The van der Waals surface area contributed by atoms with Crippen LogP contribution in [0.5, 0.6) is 0 Å². The molecule has 0 aromatic heterocycles. The first kappa shape index (κ1) is 15.0. The zero-order valence-corrected chi connectivity index (χ0v) is 12.1. The molecule has 1 aromatic carbocycles. The van der Waals surface area contributed by atoms with Gasteiger partial charge in [-0.15, -0.1) is 0 Å². The molecule has 0 aliphatic carbocycles. The third-order valence-electron chi connectivity index (χ3n) is 2.21. The Hall–Kier alpha value is -1.07. The highest BCUT2D eigenvalue weighted by molar-refractivity contribution is 8.13. The first-order valence-corrected chi connectivity index (χ1v) is 8.38. The Kier molecular flexibility index (Phi) is 5.62. The number of benzene rings is 1. The topological polar surface area (TPSA) is 51.2 Å². The predicted molar refractivity (Wildman–Crippen MR) is 76.3 cm³/mol. The van der Waals surface area contributed by atoms with Gasteiger partial charge in [-0.05, 0) is 18.1 Å². The summed E-state index contributed by atoms with van der Waals surface area (Å²) >= 11 is 1.27. The van der Waals surface area contributed by atoms with Crippen LogP contribution in [0.25, 0.3) is 6.08 Å². The molecule has 0 bridgehead atoms. The number of rotatable bonds is 5. The Morgan fingerprint density at radius 2 is 2.00 bits per heavy atom. The highest BCUT2D eigenvalue weighted by Gasteiger charge is 2.09. The molecule has 0 saturated carbocycles. The van der Waals surface area contributed by atoms with E-state index in [-0.39, 0.29) is 5.12 Å². The summed E-state index contributed by atoms with van der Waals surface area (Å²) in [4.78, 5) is 11.1. The average molecular weight is 284 g/mol. The number of allylic oxidation sites excluding steroid dienone is 1. The van der Waals surface area contributed by atoms with Crippen molar-refractivity contribution in [2.75, 3.05) is 12.0 Å². The minimum atomic E-state index is -3.20. The van der Waals surface area contributed by atoms with E-state index in [2.05, 4.69) is 0 Å². The molecule has 0 fully saturated rings. The minimum absolute atomic E-state index is 0.0972. The molecule has 0 atom stereocenters. The smallest absolute Gasteiger partial charge is 0.185 e. The first-order chi connectivity index (χ1) is 8.41. The summed E-state index contributed by atoms with van der Waals surface area (Å²) in [6.45, 7) is 1.54. The van der Waals surface area contributed by atoms with Crippen LogP contribution in [0, 0.1) is 0 Å². The van der Waals surface area contributed by atoms with Crippen LogP contribution in [-0.2, 0) is 14.6 Å². The second kappa shape index (κ2) is 6.75. The lowest BCUT2D eigenvalue weighted by Gasteiger charge is -2.02.